The summed E-state index contributed by atoms with van der Waals surface area (Å²) in [6, 6.07) is 31.9. The molecule has 1 spiro atoms. The first-order valence-electron chi connectivity index (χ1n) is 23.3. The maximum atomic E-state index is 13.5. The van der Waals surface area contributed by atoms with Crippen LogP contribution in [0.5, 0.6) is 0 Å². The van der Waals surface area contributed by atoms with Crippen LogP contribution >= 0.6 is 0 Å². The summed E-state index contributed by atoms with van der Waals surface area (Å²) in [5.41, 5.74) is 4.78. The number of alkyl carbamates (subject to hydrolysis) is 1. The summed E-state index contributed by atoms with van der Waals surface area (Å²) in [4.78, 5) is 79.0. The number of hydrogen-bond acceptors (Lipinski definition) is 9. The Labute approximate surface area is 393 Å². The lowest BCUT2D eigenvalue weighted by Gasteiger charge is -2.40. The van der Waals surface area contributed by atoms with Crippen molar-refractivity contribution in [1.82, 2.24) is 15.1 Å². The lowest BCUT2D eigenvalue weighted by Crippen LogP contribution is -2.56. The number of nitrogens with zero attached hydrogens (tertiary/aromatic N) is 2. The van der Waals surface area contributed by atoms with Crippen molar-refractivity contribution in [3.63, 3.8) is 0 Å². The van der Waals surface area contributed by atoms with Crippen molar-refractivity contribution in [2.45, 2.75) is 147 Å². The molecule has 354 valence electrons. The number of benzene rings is 4. The van der Waals surface area contributed by atoms with Gasteiger partial charge < -0.3 is 24.6 Å². The van der Waals surface area contributed by atoms with Gasteiger partial charge in [0.2, 0.25) is 0 Å². The Bertz CT molecular complexity index is 2460. The molecular formula is C54H63N3O10. The van der Waals surface area contributed by atoms with Gasteiger partial charge in [-0.05, 0) is 152 Å². The summed E-state index contributed by atoms with van der Waals surface area (Å²) in [6.07, 6.45) is 1.16. The Morgan fingerprint density at radius 1 is 0.642 bits per heavy atom. The van der Waals surface area contributed by atoms with E-state index in [0.717, 1.165) is 38.3 Å². The summed E-state index contributed by atoms with van der Waals surface area (Å²) in [6.45, 7) is 14.2. The van der Waals surface area contributed by atoms with Crippen molar-refractivity contribution in [3.8, 4) is 11.1 Å². The number of urea groups is 1. The summed E-state index contributed by atoms with van der Waals surface area (Å²) in [5.74, 6) is -1.29. The van der Waals surface area contributed by atoms with Crippen molar-refractivity contribution >= 4 is 36.2 Å². The zero-order valence-corrected chi connectivity index (χ0v) is 39.8. The van der Waals surface area contributed by atoms with E-state index in [1.165, 1.54) is 11.1 Å². The molecule has 8 rings (SSSR count). The second-order valence-electron chi connectivity index (χ2n) is 20.5. The summed E-state index contributed by atoms with van der Waals surface area (Å²) in [7, 11) is 0. The third kappa shape index (κ3) is 10.4. The third-order valence-corrected chi connectivity index (χ3v) is 13.4. The minimum Gasteiger partial charge on any atom is -0.480 e. The molecule has 2 N–H and O–H groups in total. The molecule has 0 aromatic heterocycles. The Morgan fingerprint density at radius 3 is 1.52 bits per heavy atom. The minimum atomic E-state index is -1.46. The molecule has 4 aromatic rings. The van der Waals surface area contributed by atoms with Crippen LogP contribution in [0.1, 0.15) is 144 Å². The van der Waals surface area contributed by atoms with Gasteiger partial charge in [0.25, 0.3) is 5.91 Å². The summed E-state index contributed by atoms with van der Waals surface area (Å²) >= 11 is 0. The molecule has 4 aliphatic rings. The van der Waals surface area contributed by atoms with E-state index < -0.39 is 58.5 Å². The molecule has 1 heterocycles. The van der Waals surface area contributed by atoms with Crippen LogP contribution in [0.4, 0.5) is 19.2 Å². The second kappa shape index (κ2) is 19.0. The number of carboxylic acids is 1. The molecule has 3 aliphatic carbocycles. The highest BCUT2D eigenvalue weighted by molar-refractivity contribution is 6.20. The summed E-state index contributed by atoms with van der Waals surface area (Å²) < 4.78 is 16.4. The van der Waals surface area contributed by atoms with Crippen LogP contribution in [-0.4, -0.2) is 80.0 Å². The van der Waals surface area contributed by atoms with E-state index in [1.54, 1.807) is 41.5 Å². The van der Waals surface area contributed by atoms with Gasteiger partial charge in [-0.15, -0.1) is 0 Å². The zero-order chi connectivity index (χ0) is 48.5. The standard InChI is InChI=1S/C29H29NO4.C25H34N2O6/c1-19-10-12-20(13-11-19)21-14-16-29(17-15-21,27(31)32)30-28(33)34-18-26-24-8-4-2-6-22(24)23-7-3-5-9-25(23)26;1-16-8-10-17(11-9-16)18-12-14-25(15-13-18)19(28)26(21(30)32-23(2,3)4)20(29)27(25)22(31)33-24(5,6)7/h2-13,21,26H,14-18H2,1H3,(H,30,33)(H,31,32);8-11,18H,12-15H2,1-7H3. The number of fused-ring (bicyclic) bond motifs is 3. The monoisotopic (exact) mass is 913 g/mol. The topological polar surface area (TPSA) is 169 Å². The SMILES string of the molecule is Cc1ccc(C2CCC(NC(=O)OCC3c4ccccc4-c4ccccc43)(C(=O)O)CC2)cc1.Cc1ccc(C2CCC3(CC2)C(=O)N(C(=O)OC(C)(C)C)C(=O)N3C(=O)OC(C)(C)C)cc1. The van der Waals surface area contributed by atoms with Crippen LogP contribution in [0.15, 0.2) is 97.1 Å². The van der Waals surface area contributed by atoms with Gasteiger partial charge in [0.05, 0.1) is 0 Å². The van der Waals surface area contributed by atoms with Crippen LogP contribution in [0.25, 0.3) is 11.1 Å². The molecule has 1 aliphatic heterocycles. The number of aliphatic carboxylic acids is 1. The largest absolute Gasteiger partial charge is 0.480 e. The molecule has 0 atom stereocenters. The number of carboxylic acid groups (broad SMARTS) is 1. The lowest BCUT2D eigenvalue weighted by molar-refractivity contribution is -0.146. The number of amides is 6. The van der Waals surface area contributed by atoms with Crippen molar-refractivity contribution in [2.24, 2.45) is 0 Å². The van der Waals surface area contributed by atoms with E-state index >= 15 is 0 Å². The first-order chi connectivity index (χ1) is 31.6. The molecule has 1 saturated heterocycles. The number of carbonyl (C=O) groups is 6. The van der Waals surface area contributed by atoms with E-state index in [2.05, 4.69) is 72.9 Å². The van der Waals surface area contributed by atoms with Crippen molar-refractivity contribution in [1.29, 1.82) is 0 Å². The first kappa shape index (κ1) is 48.4. The molecule has 13 heteroatoms. The van der Waals surface area contributed by atoms with E-state index in [9.17, 15) is 33.9 Å². The van der Waals surface area contributed by atoms with Gasteiger partial charge in [-0.25, -0.2) is 28.9 Å². The van der Waals surface area contributed by atoms with Gasteiger partial charge in [-0.3, -0.25) is 4.79 Å². The number of aryl methyl sites for hydroxylation is 2. The number of nitrogens with one attached hydrogen (secondary N) is 1. The van der Waals surface area contributed by atoms with Gasteiger partial charge >= 0.3 is 30.3 Å². The molecule has 0 unspecified atom stereocenters. The number of imide groups is 4. The molecule has 3 fully saturated rings. The van der Waals surface area contributed by atoms with E-state index in [1.807, 2.05) is 43.3 Å². The smallest absolute Gasteiger partial charge is 0.425 e. The Morgan fingerprint density at radius 2 is 1.07 bits per heavy atom. The van der Waals surface area contributed by atoms with E-state index in [-0.39, 0.29) is 31.3 Å². The highest BCUT2D eigenvalue weighted by Crippen LogP contribution is 2.47. The van der Waals surface area contributed by atoms with Crippen LogP contribution < -0.4 is 5.32 Å². The normalized spacial score (nSPS) is 22.6. The van der Waals surface area contributed by atoms with E-state index in [0.29, 0.717) is 49.3 Å². The Kier molecular flexibility index (Phi) is 13.7. The molecule has 67 heavy (non-hydrogen) atoms. The molecule has 2 saturated carbocycles. The molecule has 4 aromatic carbocycles. The Balaban J connectivity index is 0.000000199. The average molecular weight is 914 g/mol. The molecule has 0 bridgehead atoms. The minimum absolute atomic E-state index is 0.0591. The van der Waals surface area contributed by atoms with Gasteiger partial charge in [-0.2, -0.15) is 4.90 Å². The fraction of sp³-hybridized carbons (Fsp3) is 0.444. The predicted octanol–water partition coefficient (Wildman–Crippen LogP) is 11.5. The van der Waals surface area contributed by atoms with Crippen LogP contribution in [0.3, 0.4) is 0 Å². The zero-order valence-electron chi connectivity index (χ0n) is 39.8. The van der Waals surface area contributed by atoms with Crippen molar-refractivity contribution in [2.75, 3.05) is 6.61 Å². The fourth-order valence-electron chi connectivity index (χ4n) is 9.91. The summed E-state index contributed by atoms with van der Waals surface area (Å²) in [5, 5.41) is 12.7. The van der Waals surface area contributed by atoms with Gasteiger partial charge in [0.15, 0.2) is 0 Å². The molecule has 13 nitrogen and oxygen atoms in total. The van der Waals surface area contributed by atoms with Gasteiger partial charge in [-0.1, -0.05) is 108 Å². The van der Waals surface area contributed by atoms with Crippen LogP contribution in [-0.2, 0) is 23.8 Å². The quantitative estimate of drug-likeness (QED) is 0.140. The van der Waals surface area contributed by atoms with Crippen molar-refractivity contribution < 1.29 is 48.1 Å². The maximum Gasteiger partial charge on any atom is 0.425 e. The second-order valence-corrected chi connectivity index (χ2v) is 20.5. The highest BCUT2D eigenvalue weighted by atomic mass is 16.6. The number of carbonyl (C=O) groups excluding carboxylic acids is 5. The molecule has 6 amide bonds. The van der Waals surface area contributed by atoms with Gasteiger partial charge in [0, 0.05) is 5.92 Å². The first-order valence-corrected chi connectivity index (χ1v) is 23.3. The van der Waals surface area contributed by atoms with Crippen molar-refractivity contribution in [3.05, 3.63) is 130 Å². The number of ether oxygens (including phenoxy) is 3. The predicted molar refractivity (Wildman–Crippen MR) is 253 cm³/mol. The highest BCUT2D eigenvalue weighted by Gasteiger charge is 2.64. The molecular weight excluding hydrogens is 851 g/mol. The van der Waals surface area contributed by atoms with Crippen LogP contribution in [0.2, 0.25) is 0 Å². The lowest BCUT2D eigenvalue weighted by atomic mass is 9.73. The number of hydrogen-bond donors (Lipinski definition) is 2. The fourth-order valence-corrected chi connectivity index (χ4v) is 9.91. The molecule has 0 radical (unpaired) electrons. The Hall–Kier alpha value is -6.50. The number of rotatable bonds is 6. The van der Waals surface area contributed by atoms with Gasteiger partial charge in [0.1, 0.15) is 28.9 Å². The average Bonchev–Trinajstić information content (AvgIpc) is 3.70. The maximum absolute atomic E-state index is 13.5. The third-order valence-electron chi connectivity index (χ3n) is 13.4. The van der Waals surface area contributed by atoms with E-state index in [4.69, 9.17) is 14.2 Å². The van der Waals surface area contributed by atoms with Crippen LogP contribution in [0, 0.1) is 13.8 Å².